The van der Waals surface area contributed by atoms with Gasteiger partial charge >= 0.3 is 0 Å². The number of rotatable bonds is 11. The van der Waals surface area contributed by atoms with Crippen LogP contribution < -0.4 is 10.4 Å². The van der Waals surface area contributed by atoms with Crippen LogP contribution in [0.15, 0.2) is 103 Å². The van der Waals surface area contributed by atoms with Crippen LogP contribution in [0.2, 0.25) is 5.04 Å². The average Bonchev–Trinajstić information content (AvgIpc) is 2.87. The Labute approximate surface area is 212 Å². The maximum Gasteiger partial charge on any atom is 0.261 e. The molecule has 186 valence electrons. The van der Waals surface area contributed by atoms with Crippen molar-refractivity contribution < 1.29 is 14.3 Å². The summed E-state index contributed by atoms with van der Waals surface area (Å²) in [5.74, 6) is -0.0537. The molecule has 0 aliphatic carbocycles. The zero-order chi connectivity index (χ0) is 25.3. The van der Waals surface area contributed by atoms with Gasteiger partial charge in [0.1, 0.15) is 0 Å². The first-order valence-corrected chi connectivity index (χ1v) is 14.4. The Balaban J connectivity index is 1.73. The van der Waals surface area contributed by atoms with Gasteiger partial charge in [-0.2, -0.15) is 0 Å². The molecule has 4 heteroatoms. The van der Waals surface area contributed by atoms with Crippen molar-refractivity contribution in [2.75, 3.05) is 13.2 Å². The molecule has 3 aromatic rings. The third-order valence-corrected chi connectivity index (χ3v) is 11.6. The average molecular weight is 489 g/mol. The van der Waals surface area contributed by atoms with Crippen LogP contribution in [0.4, 0.5) is 0 Å². The van der Waals surface area contributed by atoms with Crippen LogP contribution in [0, 0.1) is 5.92 Å². The molecule has 0 bridgehead atoms. The van der Waals surface area contributed by atoms with Gasteiger partial charge in [-0.05, 0) is 33.5 Å². The molecular formula is C31H40O3Si. The fourth-order valence-electron chi connectivity index (χ4n) is 4.62. The summed E-state index contributed by atoms with van der Waals surface area (Å²) in [6.45, 7) is 12.4. The number of ether oxygens (including phenoxy) is 1. The standard InChI is InChI=1S/C31H40O3Si/c1-25(21-22-33-24-27-15-9-6-10-16-27)30(32)26(2)23-34-35(31(3,4)5,28-17-11-7-12-18-28)29-19-13-8-14-20-29/h6-21,26,30,32H,22-24H2,1-5H3/b25-21+/t26-,30+/m1/s1. The van der Waals surface area contributed by atoms with Crippen LogP contribution in [0.5, 0.6) is 0 Å². The van der Waals surface area contributed by atoms with Crippen LogP contribution in [-0.4, -0.2) is 32.7 Å². The Morgan fingerprint density at radius 3 is 1.83 bits per heavy atom. The number of aliphatic hydroxyl groups excluding tert-OH is 1. The van der Waals surface area contributed by atoms with E-state index < -0.39 is 14.4 Å². The Kier molecular flexibility index (Phi) is 9.64. The molecule has 0 fully saturated rings. The van der Waals surface area contributed by atoms with Gasteiger partial charge in [-0.15, -0.1) is 0 Å². The topological polar surface area (TPSA) is 38.7 Å². The van der Waals surface area contributed by atoms with Crippen molar-refractivity contribution in [2.45, 2.75) is 52.4 Å². The molecule has 0 radical (unpaired) electrons. The maximum absolute atomic E-state index is 11.1. The van der Waals surface area contributed by atoms with Crippen molar-refractivity contribution in [2.24, 2.45) is 5.92 Å². The van der Waals surface area contributed by atoms with Gasteiger partial charge in [0.15, 0.2) is 0 Å². The van der Waals surface area contributed by atoms with Gasteiger partial charge in [0.05, 0.1) is 19.3 Å². The lowest BCUT2D eigenvalue weighted by Gasteiger charge is -2.43. The normalized spacial score (nSPS) is 14.5. The van der Waals surface area contributed by atoms with Gasteiger partial charge < -0.3 is 14.3 Å². The Morgan fingerprint density at radius 1 is 0.857 bits per heavy atom. The van der Waals surface area contributed by atoms with Gasteiger partial charge in [0.25, 0.3) is 8.32 Å². The molecule has 0 amide bonds. The van der Waals surface area contributed by atoms with E-state index in [1.165, 1.54) is 10.4 Å². The molecule has 0 saturated carbocycles. The zero-order valence-corrected chi connectivity index (χ0v) is 22.8. The first-order chi connectivity index (χ1) is 16.8. The van der Waals surface area contributed by atoms with E-state index in [9.17, 15) is 5.11 Å². The highest BCUT2D eigenvalue weighted by molar-refractivity contribution is 6.99. The molecule has 3 rings (SSSR count). The maximum atomic E-state index is 11.1. The van der Waals surface area contributed by atoms with Crippen molar-refractivity contribution in [3.05, 3.63) is 108 Å². The van der Waals surface area contributed by atoms with E-state index in [0.29, 0.717) is 19.8 Å². The quantitative estimate of drug-likeness (QED) is 0.213. The molecule has 3 nitrogen and oxygen atoms in total. The minimum Gasteiger partial charge on any atom is -0.407 e. The van der Waals surface area contributed by atoms with Crippen LogP contribution in [0.25, 0.3) is 0 Å². The van der Waals surface area contributed by atoms with E-state index in [-0.39, 0.29) is 11.0 Å². The molecule has 2 atom stereocenters. The third-order valence-electron chi connectivity index (χ3n) is 6.62. The number of benzene rings is 3. The largest absolute Gasteiger partial charge is 0.407 e. The lowest BCUT2D eigenvalue weighted by atomic mass is 9.99. The van der Waals surface area contributed by atoms with Crippen LogP contribution >= 0.6 is 0 Å². The third kappa shape index (κ3) is 6.80. The zero-order valence-electron chi connectivity index (χ0n) is 21.8. The molecule has 0 aliphatic heterocycles. The smallest absolute Gasteiger partial charge is 0.261 e. The van der Waals surface area contributed by atoms with E-state index in [4.69, 9.17) is 9.16 Å². The van der Waals surface area contributed by atoms with Crippen LogP contribution in [-0.2, 0) is 15.8 Å². The van der Waals surface area contributed by atoms with E-state index in [1.54, 1.807) is 0 Å². The van der Waals surface area contributed by atoms with Gasteiger partial charge in [-0.1, -0.05) is 125 Å². The Bertz CT molecular complexity index is 1000. The molecule has 0 aromatic heterocycles. The van der Waals surface area contributed by atoms with E-state index in [2.05, 4.69) is 100 Å². The fourth-order valence-corrected chi connectivity index (χ4v) is 9.29. The first kappa shape index (κ1) is 27.1. The highest BCUT2D eigenvalue weighted by atomic mass is 28.4. The summed E-state index contributed by atoms with van der Waals surface area (Å²) < 4.78 is 12.8. The number of hydrogen-bond donors (Lipinski definition) is 1. The van der Waals surface area contributed by atoms with E-state index >= 15 is 0 Å². The van der Waals surface area contributed by atoms with E-state index in [0.717, 1.165) is 11.1 Å². The van der Waals surface area contributed by atoms with Crippen molar-refractivity contribution in [1.29, 1.82) is 0 Å². The summed E-state index contributed by atoms with van der Waals surface area (Å²) in [4.78, 5) is 0. The molecule has 1 N–H and O–H groups in total. The molecule has 0 saturated heterocycles. The molecule has 0 heterocycles. The second-order valence-electron chi connectivity index (χ2n) is 10.3. The van der Waals surface area contributed by atoms with Crippen LogP contribution in [0.3, 0.4) is 0 Å². The molecule has 3 aromatic carbocycles. The first-order valence-electron chi connectivity index (χ1n) is 12.5. The highest BCUT2D eigenvalue weighted by Crippen LogP contribution is 2.37. The molecular weight excluding hydrogens is 448 g/mol. The van der Waals surface area contributed by atoms with Crippen molar-refractivity contribution >= 4 is 18.7 Å². The summed E-state index contributed by atoms with van der Waals surface area (Å²) in [5.41, 5.74) is 2.06. The van der Waals surface area contributed by atoms with Gasteiger partial charge in [-0.25, -0.2) is 0 Å². The minimum absolute atomic E-state index is 0.0537. The lowest BCUT2D eigenvalue weighted by molar-refractivity contribution is 0.105. The van der Waals surface area contributed by atoms with Crippen LogP contribution in [0.1, 0.15) is 40.2 Å². The fraction of sp³-hybridized carbons (Fsp3) is 0.355. The molecule has 35 heavy (non-hydrogen) atoms. The minimum atomic E-state index is -2.62. The highest BCUT2D eigenvalue weighted by Gasteiger charge is 2.50. The molecule has 0 unspecified atom stereocenters. The van der Waals surface area contributed by atoms with E-state index in [1.807, 2.05) is 31.2 Å². The second kappa shape index (κ2) is 12.5. The molecule has 0 aliphatic rings. The van der Waals surface area contributed by atoms with Crippen molar-refractivity contribution in [1.82, 2.24) is 0 Å². The monoisotopic (exact) mass is 488 g/mol. The number of aliphatic hydroxyl groups is 1. The summed E-state index contributed by atoms with van der Waals surface area (Å²) in [5, 5.41) is 13.5. The Morgan fingerprint density at radius 2 is 1.34 bits per heavy atom. The summed E-state index contributed by atoms with van der Waals surface area (Å²) in [6.07, 6.45) is 1.39. The predicted octanol–water partition coefficient (Wildman–Crippen LogP) is 5.72. The predicted molar refractivity (Wildman–Crippen MR) is 149 cm³/mol. The summed E-state index contributed by atoms with van der Waals surface area (Å²) >= 11 is 0. The Hall–Kier alpha value is -2.50. The van der Waals surface area contributed by atoms with Gasteiger partial charge in [0.2, 0.25) is 0 Å². The number of hydrogen-bond acceptors (Lipinski definition) is 3. The summed E-state index contributed by atoms with van der Waals surface area (Å²) in [6, 6.07) is 31.4. The van der Waals surface area contributed by atoms with Crippen molar-refractivity contribution in [3.63, 3.8) is 0 Å². The SMILES string of the molecule is C/C(=C\COCc1ccccc1)[C@H](O)[C@H](C)CO[Si](c1ccccc1)(c1ccccc1)C(C)(C)C. The lowest BCUT2D eigenvalue weighted by Crippen LogP contribution is -2.67. The van der Waals surface area contributed by atoms with Gasteiger partial charge in [-0.3, -0.25) is 0 Å². The van der Waals surface area contributed by atoms with Crippen molar-refractivity contribution in [3.8, 4) is 0 Å². The molecule has 0 spiro atoms. The van der Waals surface area contributed by atoms with Gasteiger partial charge in [0, 0.05) is 12.5 Å². The second-order valence-corrected chi connectivity index (χ2v) is 14.7. The summed E-state index contributed by atoms with van der Waals surface area (Å²) in [7, 11) is -2.62.